The third-order valence-electron chi connectivity index (χ3n) is 5.72. The van der Waals surface area contributed by atoms with Gasteiger partial charge in [0.05, 0.1) is 16.9 Å². The maximum Gasteiger partial charge on any atom is 0.338 e. The highest BCUT2D eigenvalue weighted by atomic mass is 16.5. The van der Waals surface area contributed by atoms with Crippen LogP contribution in [0, 0.1) is 0 Å². The van der Waals surface area contributed by atoms with Crippen molar-refractivity contribution in [3.05, 3.63) is 53.6 Å². The maximum absolute atomic E-state index is 12.4. The van der Waals surface area contributed by atoms with E-state index in [0.29, 0.717) is 16.9 Å². The fourth-order valence-corrected chi connectivity index (χ4v) is 4.02. The standard InChI is InChI=1S/C24H27N3O4/c1-24(2,3)16-7-9-17(10-8-16)25-21(28)14-31-23(30)15-6-11-19-18(13-15)26-22(29)20-5-4-12-27(19)20/h6-11,13,20H,4-5,12,14H2,1-3H3,(H,25,28)(H,26,29)/t20-/m1/s1. The molecule has 7 nitrogen and oxygen atoms in total. The van der Waals surface area contributed by atoms with Crippen LogP contribution in [0.5, 0.6) is 0 Å². The van der Waals surface area contributed by atoms with Crippen LogP contribution in [0.3, 0.4) is 0 Å². The zero-order chi connectivity index (χ0) is 22.2. The summed E-state index contributed by atoms with van der Waals surface area (Å²) >= 11 is 0. The van der Waals surface area contributed by atoms with E-state index in [-0.39, 0.29) is 17.4 Å². The van der Waals surface area contributed by atoms with Gasteiger partial charge in [-0.3, -0.25) is 9.59 Å². The van der Waals surface area contributed by atoms with Crippen molar-refractivity contribution in [1.82, 2.24) is 0 Å². The van der Waals surface area contributed by atoms with E-state index in [0.717, 1.165) is 30.6 Å². The van der Waals surface area contributed by atoms with Gasteiger partial charge < -0.3 is 20.3 Å². The predicted molar refractivity (Wildman–Crippen MR) is 119 cm³/mol. The van der Waals surface area contributed by atoms with Crippen molar-refractivity contribution < 1.29 is 19.1 Å². The minimum atomic E-state index is -0.612. The molecule has 0 radical (unpaired) electrons. The molecule has 2 aliphatic heterocycles. The summed E-state index contributed by atoms with van der Waals surface area (Å²) in [6.45, 7) is 6.80. The van der Waals surface area contributed by atoms with Crippen molar-refractivity contribution in [2.45, 2.75) is 45.1 Å². The summed E-state index contributed by atoms with van der Waals surface area (Å²) in [4.78, 5) is 38.9. The van der Waals surface area contributed by atoms with Crippen LogP contribution in [0.25, 0.3) is 0 Å². The second kappa shape index (κ2) is 8.06. The molecule has 2 aliphatic rings. The SMILES string of the molecule is CC(C)(C)c1ccc(NC(=O)COC(=O)c2ccc3c(c2)NC(=O)[C@H]2CCCN32)cc1. The van der Waals surface area contributed by atoms with Gasteiger partial charge in [-0.1, -0.05) is 32.9 Å². The molecule has 0 aliphatic carbocycles. The first-order valence-corrected chi connectivity index (χ1v) is 10.5. The average Bonchev–Trinajstić information content (AvgIpc) is 3.22. The summed E-state index contributed by atoms with van der Waals surface area (Å²) in [7, 11) is 0. The summed E-state index contributed by atoms with van der Waals surface area (Å²) in [5.74, 6) is -1.07. The summed E-state index contributed by atoms with van der Waals surface area (Å²) in [5.41, 5.74) is 3.64. The Hall–Kier alpha value is -3.35. The van der Waals surface area contributed by atoms with E-state index in [1.165, 1.54) is 0 Å². The van der Waals surface area contributed by atoms with Crippen LogP contribution in [-0.2, 0) is 19.7 Å². The lowest BCUT2D eigenvalue weighted by Gasteiger charge is -2.33. The number of amides is 2. The van der Waals surface area contributed by atoms with Crippen LogP contribution in [0.15, 0.2) is 42.5 Å². The van der Waals surface area contributed by atoms with Crippen LogP contribution in [0.2, 0.25) is 0 Å². The number of anilines is 3. The minimum absolute atomic E-state index is 0.0299. The number of carbonyl (C=O) groups is 3. The lowest BCUT2D eigenvalue weighted by atomic mass is 9.87. The van der Waals surface area contributed by atoms with Gasteiger partial charge in [-0.15, -0.1) is 0 Å². The fraction of sp³-hybridized carbons (Fsp3) is 0.375. The van der Waals surface area contributed by atoms with Gasteiger partial charge in [-0.2, -0.15) is 0 Å². The number of fused-ring (bicyclic) bond motifs is 3. The van der Waals surface area contributed by atoms with Crippen LogP contribution >= 0.6 is 0 Å². The first kappa shape index (κ1) is 20.9. The number of nitrogens with one attached hydrogen (secondary N) is 2. The van der Waals surface area contributed by atoms with Crippen molar-refractivity contribution in [3.63, 3.8) is 0 Å². The predicted octanol–water partition coefficient (Wildman–Crippen LogP) is 3.70. The number of nitrogens with zero attached hydrogens (tertiary/aromatic N) is 1. The molecule has 0 aromatic heterocycles. The molecule has 1 atom stereocenters. The van der Waals surface area contributed by atoms with Gasteiger partial charge in [-0.05, 0) is 54.2 Å². The number of rotatable bonds is 4. The Bertz CT molecular complexity index is 1020. The summed E-state index contributed by atoms with van der Waals surface area (Å²) < 4.78 is 5.17. The molecule has 2 aromatic carbocycles. The molecule has 0 saturated carbocycles. The molecule has 0 unspecified atom stereocenters. The van der Waals surface area contributed by atoms with E-state index in [2.05, 4.69) is 36.3 Å². The van der Waals surface area contributed by atoms with Crippen molar-refractivity contribution in [3.8, 4) is 0 Å². The van der Waals surface area contributed by atoms with E-state index < -0.39 is 18.5 Å². The van der Waals surface area contributed by atoms with Crippen LogP contribution in [0.1, 0.15) is 49.5 Å². The largest absolute Gasteiger partial charge is 0.452 e. The average molecular weight is 421 g/mol. The number of ether oxygens (including phenoxy) is 1. The second-order valence-electron chi connectivity index (χ2n) is 9.02. The van der Waals surface area contributed by atoms with Crippen molar-refractivity contribution in [2.24, 2.45) is 0 Å². The maximum atomic E-state index is 12.4. The second-order valence-corrected chi connectivity index (χ2v) is 9.02. The highest BCUT2D eigenvalue weighted by Crippen LogP contribution is 2.37. The third-order valence-corrected chi connectivity index (χ3v) is 5.72. The molecule has 7 heteroatoms. The van der Waals surface area contributed by atoms with E-state index in [4.69, 9.17) is 4.74 Å². The lowest BCUT2D eigenvalue weighted by Crippen LogP contribution is -2.43. The van der Waals surface area contributed by atoms with Gasteiger partial charge in [0.2, 0.25) is 5.91 Å². The van der Waals surface area contributed by atoms with Crippen LogP contribution < -0.4 is 15.5 Å². The number of hydrogen-bond donors (Lipinski definition) is 2. The molecule has 0 spiro atoms. The monoisotopic (exact) mass is 421 g/mol. The van der Waals surface area contributed by atoms with Gasteiger partial charge in [0.15, 0.2) is 6.61 Å². The molecule has 1 saturated heterocycles. The first-order valence-electron chi connectivity index (χ1n) is 10.5. The fourth-order valence-electron chi connectivity index (χ4n) is 4.02. The van der Waals surface area contributed by atoms with E-state index in [1.54, 1.807) is 12.1 Å². The molecule has 4 rings (SSSR count). The Morgan fingerprint density at radius 3 is 2.61 bits per heavy atom. The molecule has 2 amide bonds. The van der Waals surface area contributed by atoms with E-state index >= 15 is 0 Å². The Morgan fingerprint density at radius 1 is 1.16 bits per heavy atom. The molecule has 0 bridgehead atoms. The molecule has 2 aromatic rings. The van der Waals surface area contributed by atoms with Gasteiger partial charge in [0, 0.05) is 12.2 Å². The summed E-state index contributed by atoms with van der Waals surface area (Å²) in [5, 5.41) is 5.60. The smallest absolute Gasteiger partial charge is 0.338 e. The molecule has 31 heavy (non-hydrogen) atoms. The van der Waals surface area contributed by atoms with E-state index in [1.807, 2.05) is 30.3 Å². The van der Waals surface area contributed by atoms with Gasteiger partial charge in [0.25, 0.3) is 5.91 Å². The highest BCUT2D eigenvalue weighted by molar-refractivity contribution is 6.05. The third kappa shape index (κ3) is 4.40. The van der Waals surface area contributed by atoms with Crippen molar-refractivity contribution in [1.29, 1.82) is 0 Å². The number of benzene rings is 2. The Labute approximate surface area is 181 Å². The normalized spacial score (nSPS) is 17.5. The Morgan fingerprint density at radius 2 is 1.90 bits per heavy atom. The molecule has 2 heterocycles. The number of carbonyl (C=O) groups excluding carboxylic acids is 3. The van der Waals surface area contributed by atoms with Crippen LogP contribution in [0.4, 0.5) is 17.1 Å². The van der Waals surface area contributed by atoms with Crippen LogP contribution in [-0.4, -0.2) is 37.0 Å². The summed E-state index contributed by atoms with van der Waals surface area (Å²) in [6, 6.07) is 12.6. The zero-order valence-electron chi connectivity index (χ0n) is 18.0. The lowest BCUT2D eigenvalue weighted by molar-refractivity contribution is -0.119. The molecule has 1 fully saturated rings. The first-order chi connectivity index (χ1) is 14.7. The molecule has 2 N–H and O–H groups in total. The van der Waals surface area contributed by atoms with E-state index in [9.17, 15) is 14.4 Å². The molecular weight excluding hydrogens is 394 g/mol. The molecular formula is C24H27N3O4. The Kier molecular flexibility index (Phi) is 5.43. The Balaban J connectivity index is 1.35. The number of esters is 1. The van der Waals surface area contributed by atoms with Gasteiger partial charge >= 0.3 is 5.97 Å². The van der Waals surface area contributed by atoms with Gasteiger partial charge in [0.1, 0.15) is 6.04 Å². The van der Waals surface area contributed by atoms with Crippen molar-refractivity contribution in [2.75, 3.05) is 28.7 Å². The number of hydrogen-bond acceptors (Lipinski definition) is 5. The topological polar surface area (TPSA) is 87.7 Å². The van der Waals surface area contributed by atoms with Crippen molar-refractivity contribution >= 4 is 34.8 Å². The zero-order valence-corrected chi connectivity index (χ0v) is 18.0. The highest BCUT2D eigenvalue weighted by Gasteiger charge is 2.36. The minimum Gasteiger partial charge on any atom is -0.452 e. The summed E-state index contributed by atoms with van der Waals surface area (Å²) in [6.07, 6.45) is 1.80. The quantitative estimate of drug-likeness (QED) is 0.735. The molecule has 162 valence electrons. The van der Waals surface area contributed by atoms with Gasteiger partial charge in [-0.25, -0.2) is 4.79 Å².